The fourth-order valence-electron chi connectivity index (χ4n) is 2.59. The zero-order valence-corrected chi connectivity index (χ0v) is 9.99. The minimum atomic E-state index is 0.153. The van der Waals surface area contributed by atoms with E-state index in [1.54, 1.807) is 6.07 Å². The van der Waals surface area contributed by atoms with Gasteiger partial charge in [0.25, 0.3) is 0 Å². The van der Waals surface area contributed by atoms with Crippen LogP contribution in [0, 0.1) is 11.8 Å². The molecule has 4 nitrogen and oxygen atoms in total. The predicted molar refractivity (Wildman–Crippen MR) is 61.9 cm³/mol. The number of hydrogen-bond acceptors (Lipinski definition) is 4. The summed E-state index contributed by atoms with van der Waals surface area (Å²) < 4.78 is 0. The summed E-state index contributed by atoms with van der Waals surface area (Å²) in [6.07, 6.45) is 1.22. The maximum Gasteiger partial charge on any atom is 0.225 e. The Morgan fingerprint density at radius 1 is 1.44 bits per heavy atom. The van der Waals surface area contributed by atoms with Crippen LogP contribution in [0.4, 0.5) is 5.82 Å². The molecule has 1 saturated heterocycles. The lowest BCUT2D eigenvalue weighted by molar-refractivity contribution is 0.255. The van der Waals surface area contributed by atoms with Crippen LogP contribution in [0.25, 0.3) is 0 Å². The molecule has 6 heteroatoms. The lowest BCUT2D eigenvalue weighted by Crippen LogP contribution is -2.36. The SMILES string of the molecule is OCC1C2CC2CN1c1cc(Cl)nc(Cl)n1. The third-order valence-corrected chi connectivity index (χ3v) is 3.80. The number of aromatic nitrogens is 2. The molecule has 0 amide bonds. The molecule has 0 radical (unpaired) electrons. The highest BCUT2D eigenvalue weighted by Crippen LogP contribution is 2.50. The number of aliphatic hydroxyl groups is 1. The van der Waals surface area contributed by atoms with Crippen LogP contribution in [-0.4, -0.2) is 34.3 Å². The van der Waals surface area contributed by atoms with Gasteiger partial charge in [-0.25, -0.2) is 9.97 Å². The van der Waals surface area contributed by atoms with Gasteiger partial charge >= 0.3 is 0 Å². The van der Waals surface area contributed by atoms with Crippen molar-refractivity contribution in [1.29, 1.82) is 0 Å². The first-order valence-corrected chi connectivity index (χ1v) is 6.02. The standard InChI is InChI=1S/C10H11Cl2N3O/c11-8-2-9(14-10(12)13-8)15-3-5-1-6(5)7(15)4-16/h2,5-7,16H,1,3-4H2. The van der Waals surface area contributed by atoms with E-state index in [4.69, 9.17) is 23.2 Å². The number of fused-ring (bicyclic) bond motifs is 1. The zero-order valence-electron chi connectivity index (χ0n) is 8.48. The Morgan fingerprint density at radius 3 is 2.94 bits per heavy atom. The van der Waals surface area contributed by atoms with Crippen molar-refractivity contribution in [3.8, 4) is 0 Å². The molecule has 0 bridgehead atoms. The van der Waals surface area contributed by atoms with Crippen LogP contribution in [0.1, 0.15) is 6.42 Å². The van der Waals surface area contributed by atoms with E-state index in [2.05, 4.69) is 14.9 Å². The number of nitrogens with zero attached hydrogens (tertiary/aromatic N) is 3. The van der Waals surface area contributed by atoms with Crippen LogP contribution in [-0.2, 0) is 0 Å². The second kappa shape index (κ2) is 3.72. The van der Waals surface area contributed by atoms with Gasteiger partial charge in [0, 0.05) is 12.6 Å². The summed E-state index contributed by atoms with van der Waals surface area (Å²) in [5, 5.41) is 9.88. The molecule has 0 spiro atoms. The number of halogens is 2. The van der Waals surface area contributed by atoms with E-state index in [9.17, 15) is 5.11 Å². The average molecular weight is 260 g/mol. The van der Waals surface area contributed by atoms with Crippen LogP contribution in [0.2, 0.25) is 10.4 Å². The topological polar surface area (TPSA) is 49.2 Å². The number of rotatable bonds is 2. The van der Waals surface area contributed by atoms with Crippen molar-refractivity contribution in [2.24, 2.45) is 11.8 Å². The first-order valence-electron chi connectivity index (χ1n) is 5.26. The number of hydrogen-bond donors (Lipinski definition) is 1. The second-order valence-corrected chi connectivity index (χ2v) is 5.11. The zero-order chi connectivity index (χ0) is 11.3. The Labute approximate surface area is 103 Å². The summed E-state index contributed by atoms with van der Waals surface area (Å²) in [5.74, 6) is 2.03. The number of aliphatic hydroxyl groups excluding tert-OH is 1. The molecule has 3 rings (SSSR count). The average Bonchev–Trinajstić information content (AvgIpc) is 2.89. The molecule has 3 unspecified atom stereocenters. The Balaban J connectivity index is 1.91. The molecule has 1 N–H and O–H groups in total. The molecule has 2 aliphatic rings. The first kappa shape index (κ1) is 10.6. The molecule has 1 aromatic rings. The Bertz CT molecular complexity index is 408. The summed E-state index contributed by atoms with van der Waals surface area (Å²) in [4.78, 5) is 10.1. The highest BCUT2D eigenvalue weighted by molar-refractivity contribution is 6.32. The van der Waals surface area contributed by atoms with E-state index in [1.807, 2.05) is 0 Å². The van der Waals surface area contributed by atoms with Crippen molar-refractivity contribution in [3.63, 3.8) is 0 Å². The summed E-state index contributed by atoms with van der Waals surface area (Å²) in [6, 6.07) is 1.85. The lowest BCUT2D eigenvalue weighted by Gasteiger charge is -2.27. The summed E-state index contributed by atoms with van der Waals surface area (Å²) >= 11 is 11.6. The Hall–Kier alpha value is -0.580. The van der Waals surface area contributed by atoms with Gasteiger partial charge in [-0.1, -0.05) is 11.6 Å². The summed E-state index contributed by atoms with van der Waals surface area (Å²) in [6.45, 7) is 1.08. The van der Waals surface area contributed by atoms with E-state index in [0.717, 1.165) is 12.4 Å². The highest BCUT2D eigenvalue weighted by atomic mass is 35.5. The quantitative estimate of drug-likeness (QED) is 0.648. The molecular formula is C10H11Cl2N3O. The number of anilines is 1. The minimum absolute atomic E-state index is 0.153. The predicted octanol–water partition coefficient (Wildman–Crippen LogP) is 1.60. The highest BCUT2D eigenvalue weighted by Gasteiger charge is 2.52. The molecule has 3 atom stereocenters. The molecule has 2 fully saturated rings. The largest absolute Gasteiger partial charge is 0.394 e. The van der Waals surface area contributed by atoms with E-state index in [-0.39, 0.29) is 17.9 Å². The van der Waals surface area contributed by atoms with E-state index < -0.39 is 0 Å². The molecule has 86 valence electrons. The molecular weight excluding hydrogens is 249 g/mol. The van der Waals surface area contributed by atoms with Crippen molar-refractivity contribution in [1.82, 2.24) is 9.97 Å². The van der Waals surface area contributed by atoms with Crippen molar-refractivity contribution in [3.05, 3.63) is 16.5 Å². The van der Waals surface area contributed by atoms with Crippen LogP contribution in [0.5, 0.6) is 0 Å². The van der Waals surface area contributed by atoms with Gasteiger partial charge in [-0.2, -0.15) is 0 Å². The Kier molecular flexibility index (Phi) is 2.46. The van der Waals surface area contributed by atoms with Gasteiger partial charge in [-0.05, 0) is 29.9 Å². The molecule has 1 aromatic heterocycles. The molecule has 1 aliphatic carbocycles. The molecule has 0 aromatic carbocycles. The lowest BCUT2D eigenvalue weighted by atomic mass is 10.2. The van der Waals surface area contributed by atoms with E-state index in [0.29, 0.717) is 17.0 Å². The van der Waals surface area contributed by atoms with Crippen molar-refractivity contribution < 1.29 is 5.11 Å². The number of piperidine rings is 1. The molecule has 2 heterocycles. The second-order valence-electron chi connectivity index (χ2n) is 4.38. The monoisotopic (exact) mass is 259 g/mol. The fourth-order valence-corrected chi connectivity index (χ4v) is 2.99. The van der Waals surface area contributed by atoms with Gasteiger partial charge < -0.3 is 10.0 Å². The smallest absolute Gasteiger partial charge is 0.225 e. The maximum atomic E-state index is 9.38. The minimum Gasteiger partial charge on any atom is -0.394 e. The van der Waals surface area contributed by atoms with Crippen LogP contribution < -0.4 is 4.90 Å². The van der Waals surface area contributed by atoms with Crippen LogP contribution in [0.15, 0.2) is 6.07 Å². The van der Waals surface area contributed by atoms with E-state index in [1.165, 1.54) is 6.42 Å². The van der Waals surface area contributed by atoms with Gasteiger partial charge in [-0.3, -0.25) is 0 Å². The molecule has 1 saturated carbocycles. The molecule has 1 aliphatic heterocycles. The van der Waals surface area contributed by atoms with Gasteiger partial charge in [0.2, 0.25) is 5.28 Å². The van der Waals surface area contributed by atoms with Crippen LogP contribution in [0.3, 0.4) is 0 Å². The van der Waals surface area contributed by atoms with Gasteiger partial charge in [0.15, 0.2) is 0 Å². The molecule has 16 heavy (non-hydrogen) atoms. The summed E-state index contributed by atoms with van der Waals surface area (Å²) in [7, 11) is 0. The maximum absolute atomic E-state index is 9.38. The van der Waals surface area contributed by atoms with Gasteiger partial charge in [-0.15, -0.1) is 0 Å². The van der Waals surface area contributed by atoms with Gasteiger partial charge in [0.1, 0.15) is 11.0 Å². The summed E-state index contributed by atoms with van der Waals surface area (Å²) in [5.41, 5.74) is 0. The van der Waals surface area contributed by atoms with Crippen molar-refractivity contribution in [2.75, 3.05) is 18.1 Å². The van der Waals surface area contributed by atoms with Crippen LogP contribution >= 0.6 is 23.2 Å². The third kappa shape index (κ3) is 1.65. The van der Waals surface area contributed by atoms with Crippen molar-refractivity contribution >= 4 is 29.0 Å². The van der Waals surface area contributed by atoms with Crippen molar-refractivity contribution in [2.45, 2.75) is 12.5 Å². The normalized spacial score (nSPS) is 31.7. The first-order chi connectivity index (χ1) is 7.69. The van der Waals surface area contributed by atoms with E-state index >= 15 is 0 Å². The Morgan fingerprint density at radius 2 is 2.25 bits per heavy atom. The third-order valence-electron chi connectivity index (χ3n) is 3.44. The van der Waals surface area contributed by atoms with Gasteiger partial charge in [0.05, 0.1) is 12.6 Å². The fraction of sp³-hybridized carbons (Fsp3) is 0.600.